The molecule has 3 nitrogen and oxygen atoms in total. The Kier molecular flexibility index (Phi) is 5.46. The van der Waals surface area contributed by atoms with Gasteiger partial charge in [0.05, 0.1) is 23.8 Å². The SMILES string of the molecule is CCNc1cncc(N(Cc2ccccc2)Cc2ccccc2)c1. The summed E-state index contributed by atoms with van der Waals surface area (Å²) in [5.41, 5.74) is 4.77. The van der Waals surface area contributed by atoms with Gasteiger partial charge in [0, 0.05) is 19.6 Å². The minimum atomic E-state index is 0.854. The van der Waals surface area contributed by atoms with Crippen molar-refractivity contribution >= 4 is 11.4 Å². The summed E-state index contributed by atoms with van der Waals surface area (Å²) >= 11 is 0. The largest absolute Gasteiger partial charge is 0.384 e. The fourth-order valence-electron chi connectivity index (χ4n) is 2.75. The van der Waals surface area contributed by atoms with Gasteiger partial charge in [0.2, 0.25) is 0 Å². The molecule has 0 aliphatic heterocycles. The highest BCUT2D eigenvalue weighted by Gasteiger charge is 2.10. The highest BCUT2D eigenvalue weighted by Crippen LogP contribution is 2.22. The van der Waals surface area contributed by atoms with E-state index in [0.29, 0.717) is 0 Å². The summed E-state index contributed by atoms with van der Waals surface area (Å²) in [4.78, 5) is 6.76. The van der Waals surface area contributed by atoms with Gasteiger partial charge in [0.1, 0.15) is 0 Å². The van der Waals surface area contributed by atoms with E-state index in [9.17, 15) is 0 Å². The van der Waals surface area contributed by atoms with Crippen LogP contribution in [0.1, 0.15) is 18.1 Å². The molecule has 1 aromatic heterocycles. The summed E-state index contributed by atoms with van der Waals surface area (Å²) in [6.45, 7) is 4.70. The van der Waals surface area contributed by atoms with Crippen molar-refractivity contribution < 1.29 is 0 Å². The second-order valence-corrected chi connectivity index (χ2v) is 5.79. The van der Waals surface area contributed by atoms with Gasteiger partial charge in [-0.25, -0.2) is 0 Å². The van der Waals surface area contributed by atoms with Crippen LogP contribution in [0.5, 0.6) is 0 Å². The highest BCUT2D eigenvalue weighted by atomic mass is 15.1. The number of pyridine rings is 1. The van der Waals surface area contributed by atoms with Crippen molar-refractivity contribution in [3.8, 4) is 0 Å². The van der Waals surface area contributed by atoms with E-state index in [-0.39, 0.29) is 0 Å². The van der Waals surface area contributed by atoms with Gasteiger partial charge in [-0.15, -0.1) is 0 Å². The summed E-state index contributed by atoms with van der Waals surface area (Å²) in [5.74, 6) is 0. The van der Waals surface area contributed by atoms with E-state index in [0.717, 1.165) is 31.0 Å². The lowest BCUT2D eigenvalue weighted by atomic mass is 10.1. The molecule has 0 fully saturated rings. The van der Waals surface area contributed by atoms with E-state index < -0.39 is 0 Å². The number of anilines is 2. The van der Waals surface area contributed by atoms with Crippen molar-refractivity contribution in [2.45, 2.75) is 20.0 Å². The molecule has 0 spiro atoms. The lowest BCUT2D eigenvalue weighted by Crippen LogP contribution is -2.22. The van der Waals surface area contributed by atoms with Crippen molar-refractivity contribution in [2.24, 2.45) is 0 Å². The van der Waals surface area contributed by atoms with E-state index in [1.54, 1.807) is 0 Å². The molecule has 0 bridgehead atoms. The number of aromatic nitrogens is 1. The van der Waals surface area contributed by atoms with Gasteiger partial charge >= 0.3 is 0 Å². The van der Waals surface area contributed by atoms with Gasteiger partial charge in [-0.3, -0.25) is 4.98 Å². The predicted octanol–water partition coefficient (Wildman–Crippen LogP) is 4.72. The molecule has 122 valence electrons. The molecule has 0 aliphatic rings. The molecule has 0 saturated carbocycles. The average Bonchev–Trinajstić information content (AvgIpc) is 2.63. The lowest BCUT2D eigenvalue weighted by molar-refractivity contribution is 0.797. The number of rotatable bonds is 7. The Morgan fingerprint density at radius 2 is 1.42 bits per heavy atom. The van der Waals surface area contributed by atoms with Gasteiger partial charge in [-0.1, -0.05) is 60.7 Å². The topological polar surface area (TPSA) is 28.2 Å². The fourth-order valence-corrected chi connectivity index (χ4v) is 2.75. The predicted molar refractivity (Wildman–Crippen MR) is 101 cm³/mol. The molecule has 3 aromatic rings. The fraction of sp³-hybridized carbons (Fsp3) is 0.190. The normalized spacial score (nSPS) is 10.4. The molecule has 3 rings (SSSR count). The van der Waals surface area contributed by atoms with Crippen molar-refractivity contribution in [3.05, 3.63) is 90.3 Å². The van der Waals surface area contributed by atoms with Crippen LogP contribution in [-0.2, 0) is 13.1 Å². The summed E-state index contributed by atoms with van der Waals surface area (Å²) in [6.07, 6.45) is 3.81. The van der Waals surface area contributed by atoms with E-state index in [4.69, 9.17) is 0 Å². The molecule has 3 heteroatoms. The van der Waals surface area contributed by atoms with Crippen LogP contribution in [0.3, 0.4) is 0 Å². The lowest BCUT2D eigenvalue weighted by Gasteiger charge is -2.25. The first kappa shape index (κ1) is 16.1. The Hall–Kier alpha value is -2.81. The number of nitrogens with zero attached hydrogens (tertiary/aromatic N) is 2. The molecule has 1 heterocycles. The second kappa shape index (κ2) is 8.16. The molecule has 0 unspecified atom stereocenters. The molecular weight excluding hydrogens is 294 g/mol. The van der Waals surface area contributed by atoms with E-state index >= 15 is 0 Å². The first-order valence-electron chi connectivity index (χ1n) is 8.37. The van der Waals surface area contributed by atoms with Crippen LogP contribution in [0.2, 0.25) is 0 Å². The Bertz CT molecular complexity index is 700. The van der Waals surface area contributed by atoms with Gasteiger partial charge in [-0.2, -0.15) is 0 Å². The smallest absolute Gasteiger partial charge is 0.0579 e. The molecular formula is C21H23N3. The first-order valence-corrected chi connectivity index (χ1v) is 8.37. The van der Waals surface area contributed by atoms with Gasteiger partial charge in [0.25, 0.3) is 0 Å². The van der Waals surface area contributed by atoms with Gasteiger partial charge in [-0.05, 0) is 24.1 Å². The summed E-state index contributed by atoms with van der Waals surface area (Å²) < 4.78 is 0. The number of nitrogens with one attached hydrogen (secondary N) is 1. The van der Waals surface area contributed by atoms with Gasteiger partial charge in [0.15, 0.2) is 0 Å². The zero-order valence-corrected chi connectivity index (χ0v) is 14.0. The first-order chi connectivity index (χ1) is 11.8. The summed E-state index contributed by atoms with van der Waals surface area (Å²) in [7, 11) is 0. The van der Waals surface area contributed by atoms with E-state index in [2.05, 4.69) is 88.9 Å². The Balaban J connectivity index is 1.87. The zero-order chi connectivity index (χ0) is 16.6. The molecule has 2 aromatic carbocycles. The standard InChI is InChI=1S/C21H23N3/c1-2-23-20-13-21(15-22-14-20)24(16-18-9-5-3-6-10-18)17-19-11-7-4-8-12-19/h3-15,23H,2,16-17H2,1H3. The molecule has 0 saturated heterocycles. The summed E-state index contributed by atoms with van der Waals surface area (Å²) in [6, 6.07) is 23.3. The maximum atomic E-state index is 4.40. The van der Waals surface area contributed by atoms with Crippen molar-refractivity contribution in [3.63, 3.8) is 0 Å². The minimum absolute atomic E-state index is 0.854. The molecule has 0 aliphatic carbocycles. The van der Waals surface area contributed by atoms with Crippen LogP contribution in [0, 0.1) is 0 Å². The zero-order valence-electron chi connectivity index (χ0n) is 14.0. The van der Waals surface area contributed by atoms with Crippen LogP contribution in [0.4, 0.5) is 11.4 Å². The van der Waals surface area contributed by atoms with Crippen LogP contribution >= 0.6 is 0 Å². The van der Waals surface area contributed by atoms with Crippen molar-refractivity contribution in [2.75, 3.05) is 16.8 Å². The maximum absolute atomic E-state index is 4.40. The van der Waals surface area contributed by atoms with Crippen molar-refractivity contribution in [1.29, 1.82) is 0 Å². The monoisotopic (exact) mass is 317 g/mol. The van der Waals surface area contributed by atoms with Crippen LogP contribution in [0.15, 0.2) is 79.1 Å². The van der Waals surface area contributed by atoms with Crippen molar-refractivity contribution in [1.82, 2.24) is 4.98 Å². The molecule has 1 N–H and O–H groups in total. The summed E-state index contributed by atoms with van der Waals surface area (Å²) in [5, 5.41) is 3.34. The number of hydrogen-bond donors (Lipinski definition) is 1. The Labute approximate surface area is 144 Å². The quantitative estimate of drug-likeness (QED) is 0.683. The molecule has 0 atom stereocenters. The Morgan fingerprint density at radius 1 is 0.833 bits per heavy atom. The van der Waals surface area contributed by atoms with Crippen LogP contribution in [0.25, 0.3) is 0 Å². The molecule has 0 radical (unpaired) electrons. The maximum Gasteiger partial charge on any atom is 0.0579 e. The third-order valence-corrected chi connectivity index (χ3v) is 3.90. The van der Waals surface area contributed by atoms with E-state index in [1.807, 2.05) is 12.4 Å². The molecule has 24 heavy (non-hydrogen) atoms. The minimum Gasteiger partial charge on any atom is -0.384 e. The third-order valence-electron chi connectivity index (χ3n) is 3.90. The molecule has 0 amide bonds. The van der Waals surface area contributed by atoms with Gasteiger partial charge < -0.3 is 10.2 Å². The third kappa shape index (κ3) is 4.35. The second-order valence-electron chi connectivity index (χ2n) is 5.79. The number of hydrogen-bond acceptors (Lipinski definition) is 3. The van der Waals surface area contributed by atoms with E-state index in [1.165, 1.54) is 11.1 Å². The number of benzene rings is 2. The average molecular weight is 317 g/mol. The Morgan fingerprint density at radius 3 is 1.96 bits per heavy atom. The van der Waals surface area contributed by atoms with Crippen LogP contribution < -0.4 is 10.2 Å². The van der Waals surface area contributed by atoms with Crippen LogP contribution in [-0.4, -0.2) is 11.5 Å². The highest BCUT2D eigenvalue weighted by molar-refractivity contribution is 5.56.